The number of phenols is 1. The second-order valence-corrected chi connectivity index (χ2v) is 7.99. The molecule has 1 aliphatic rings. The monoisotopic (exact) mass is 411 g/mol. The highest BCUT2D eigenvalue weighted by Crippen LogP contribution is 2.39. The number of rotatable bonds is 5. The fourth-order valence-electron chi connectivity index (χ4n) is 3.94. The van der Waals surface area contributed by atoms with Crippen LogP contribution in [-0.2, 0) is 0 Å². The van der Waals surface area contributed by atoms with Crippen molar-refractivity contribution in [3.63, 3.8) is 0 Å². The zero-order valence-electron chi connectivity index (χ0n) is 16.5. The van der Waals surface area contributed by atoms with Crippen LogP contribution in [0.15, 0.2) is 42.6 Å². The van der Waals surface area contributed by atoms with E-state index >= 15 is 0 Å². The maximum absolute atomic E-state index is 10.1. The van der Waals surface area contributed by atoms with Crippen LogP contribution in [0.2, 0.25) is 5.02 Å². The molecular formula is C23H26ClN3O2. The largest absolute Gasteiger partial charge is 0.503 e. The average Bonchev–Trinajstić information content (AvgIpc) is 2.73. The van der Waals surface area contributed by atoms with E-state index in [1.165, 1.54) is 0 Å². The molecule has 0 spiro atoms. The molecule has 29 heavy (non-hydrogen) atoms. The molecule has 0 bridgehead atoms. The first-order valence-corrected chi connectivity index (χ1v) is 10.5. The van der Waals surface area contributed by atoms with E-state index in [1.807, 2.05) is 37.4 Å². The summed E-state index contributed by atoms with van der Waals surface area (Å²) >= 11 is 6.23. The maximum Gasteiger partial charge on any atom is 0.176 e. The highest BCUT2D eigenvalue weighted by atomic mass is 35.5. The van der Waals surface area contributed by atoms with Gasteiger partial charge in [-0.2, -0.15) is 0 Å². The van der Waals surface area contributed by atoms with Crippen molar-refractivity contribution in [2.24, 2.45) is 5.73 Å². The Balaban J connectivity index is 1.70. The lowest BCUT2D eigenvalue weighted by atomic mass is 9.91. The summed E-state index contributed by atoms with van der Waals surface area (Å²) in [6, 6.07) is 12.5. The van der Waals surface area contributed by atoms with Crippen LogP contribution in [0.5, 0.6) is 11.5 Å². The molecule has 1 fully saturated rings. The van der Waals surface area contributed by atoms with Gasteiger partial charge in [-0.05, 0) is 74.1 Å². The molecular weight excluding hydrogens is 386 g/mol. The van der Waals surface area contributed by atoms with E-state index in [0.29, 0.717) is 24.4 Å². The van der Waals surface area contributed by atoms with Gasteiger partial charge in [0, 0.05) is 29.4 Å². The van der Waals surface area contributed by atoms with Gasteiger partial charge in [0.1, 0.15) is 0 Å². The number of hydrogen-bond donors (Lipinski definition) is 3. The molecule has 0 unspecified atom stereocenters. The number of hydrogen-bond acceptors (Lipinski definition) is 5. The lowest BCUT2D eigenvalue weighted by Gasteiger charge is -2.28. The predicted octanol–water partition coefficient (Wildman–Crippen LogP) is 5.34. The Bertz CT molecular complexity index is 1020. The van der Waals surface area contributed by atoms with Crippen LogP contribution in [0.25, 0.3) is 22.0 Å². The molecule has 4 N–H and O–H groups in total. The number of aromatic hydroxyl groups is 1. The van der Waals surface area contributed by atoms with Crippen molar-refractivity contribution in [1.29, 1.82) is 0 Å². The summed E-state index contributed by atoms with van der Waals surface area (Å²) in [4.78, 5) is 4.51. The Morgan fingerprint density at radius 2 is 1.93 bits per heavy atom. The number of nitrogens with one attached hydrogen (secondary N) is 1. The normalized spacial score (nSPS) is 19.3. The number of phenolic OH excluding ortho intramolecular Hbond substituents is 1. The van der Waals surface area contributed by atoms with Gasteiger partial charge in [0.05, 0.1) is 17.1 Å². The third-order valence-electron chi connectivity index (χ3n) is 5.53. The Morgan fingerprint density at radius 1 is 1.14 bits per heavy atom. The maximum atomic E-state index is 10.1. The Morgan fingerprint density at radius 3 is 2.69 bits per heavy atom. The molecule has 0 atom stereocenters. The third kappa shape index (κ3) is 4.26. The first-order valence-electron chi connectivity index (χ1n) is 10.1. The number of nitrogens with zero attached hydrogens (tertiary/aromatic N) is 1. The van der Waals surface area contributed by atoms with Crippen LogP contribution < -0.4 is 15.8 Å². The van der Waals surface area contributed by atoms with Crippen molar-refractivity contribution in [1.82, 2.24) is 4.98 Å². The van der Waals surface area contributed by atoms with E-state index < -0.39 is 0 Å². The lowest BCUT2D eigenvalue weighted by molar-refractivity contribution is 0.318. The fraction of sp³-hybridized carbons (Fsp3) is 0.348. The molecule has 2 aromatic carbocycles. The minimum absolute atomic E-state index is 0.0300. The molecule has 1 aliphatic carbocycles. The van der Waals surface area contributed by atoms with Crippen molar-refractivity contribution >= 4 is 28.2 Å². The quantitative estimate of drug-likeness (QED) is 0.527. The van der Waals surface area contributed by atoms with Gasteiger partial charge < -0.3 is 20.9 Å². The molecule has 0 amide bonds. The van der Waals surface area contributed by atoms with Gasteiger partial charge in [-0.3, -0.25) is 4.98 Å². The minimum Gasteiger partial charge on any atom is -0.503 e. The van der Waals surface area contributed by atoms with E-state index in [9.17, 15) is 5.11 Å². The van der Waals surface area contributed by atoms with Gasteiger partial charge in [0.2, 0.25) is 0 Å². The summed E-state index contributed by atoms with van der Waals surface area (Å²) in [7, 11) is 0. The number of halogens is 1. The average molecular weight is 412 g/mol. The van der Waals surface area contributed by atoms with Crippen molar-refractivity contribution in [3.05, 3.63) is 47.6 Å². The van der Waals surface area contributed by atoms with Crippen molar-refractivity contribution < 1.29 is 9.84 Å². The van der Waals surface area contributed by atoms with E-state index in [-0.39, 0.29) is 10.8 Å². The van der Waals surface area contributed by atoms with Crippen LogP contribution >= 0.6 is 11.6 Å². The molecule has 3 aromatic rings. The molecule has 1 saturated carbocycles. The minimum atomic E-state index is -0.0300. The summed E-state index contributed by atoms with van der Waals surface area (Å²) < 4.78 is 5.53. The second-order valence-electron chi connectivity index (χ2n) is 7.58. The van der Waals surface area contributed by atoms with Gasteiger partial charge >= 0.3 is 0 Å². The molecule has 1 heterocycles. The lowest BCUT2D eigenvalue weighted by Crippen LogP contribution is -2.32. The molecule has 5 nitrogen and oxygen atoms in total. The number of pyridine rings is 1. The number of nitrogens with two attached hydrogens (primary N) is 1. The van der Waals surface area contributed by atoms with E-state index in [4.69, 9.17) is 22.1 Å². The molecule has 6 heteroatoms. The standard InChI is InChI=1S/C23H26ClN3O2/c1-2-29-22-13-15(12-19(24)23(22)28)14-3-8-20-18(11-14)21(9-10-26-20)27-17-6-4-16(25)5-7-17/h3,8-13,16-17,28H,2,4-7,25H2,1H3,(H,26,27). The molecule has 0 aliphatic heterocycles. The summed E-state index contributed by atoms with van der Waals surface area (Å²) in [5.41, 5.74) is 9.93. The summed E-state index contributed by atoms with van der Waals surface area (Å²) in [5, 5.41) is 15.1. The smallest absolute Gasteiger partial charge is 0.176 e. The SMILES string of the molecule is CCOc1cc(-c2ccc3nccc(NC4CCC(N)CC4)c3c2)cc(Cl)c1O. The van der Waals surface area contributed by atoms with Crippen LogP contribution in [0.1, 0.15) is 32.6 Å². The highest BCUT2D eigenvalue weighted by molar-refractivity contribution is 6.32. The summed E-state index contributed by atoms with van der Waals surface area (Å²) in [5.74, 6) is 0.357. The number of anilines is 1. The summed E-state index contributed by atoms with van der Waals surface area (Å²) in [6.45, 7) is 2.33. The summed E-state index contributed by atoms with van der Waals surface area (Å²) in [6.07, 6.45) is 6.10. The topological polar surface area (TPSA) is 80.4 Å². The van der Waals surface area contributed by atoms with Gasteiger partial charge in [-0.1, -0.05) is 17.7 Å². The Labute approximate surface area is 175 Å². The molecule has 0 radical (unpaired) electrons. The van der Waals surface area contributed by atoms with Gasteiger partial charge in [-0.15, -0.1) is 0 Å². The number of ether oxygens (including phenoxy) is 1. The van der Waals surface area contributed by atoms with Gasteiger partial charge in [-0.25, -0.2) is 0 Å². The number of aromatic nitrogens is 1. The zero-order valence-corrected chi connectivity index (χ0v) is 17.2. The van der Waals surface area contributed by atoms with Crippen LogP contribution in [-0.4, -0.2) is 28.8 Å². The van der Waals surface area contributed by atoms with E-state index in [1.54, 1.807) is 6.07 Å². The van der Waals surface area contributed by atoms with Crippen molar-refractivity contribution in [2.45, 2.75) is 44.7 Å². The Kier molecular flexibility index (Phi) is 5.79. The third-order valence-corrected chi connectivity index (χ3v) is 5.82. The van der Waals surface area contributed by atoms with Gasteiger partial charge in [0.25, 0.3) is 0 Å². The molecule has 1 aromatic heterocycles. The predicted molar refractivity (Wildman–Crippen MR) is 119 cm³/mol. The van der Waals surface area contributed by atoms with Gasteiger partial charge in [0.15, 0.2) is 11.5 Å². The van der Waals surface area contributed by atoms with E-state index in [0.717, 1.165) is 53.4 Å². The van der Waals surface area contributed by atoms with Crippen LogP contribution in [0, 0.1) is 0 Å². The molecule has 152 valence electrons. The van der Waals surface area contributed by atoms with E-state index in [2.05, 4.69) is 16.4 Å². The first-order chi connectivity index (χ1) is 14.0. The molecule has 4 rings (SSSR count). The molecule has 0 saturated heterocycles. The van der Waals surface area contributed by atoms with Crippen LogP contribution in [0.4, 0.5) is 5.69 Å². The van der Waals surface area contributed by atoms with Crippen LogP contribution in [0.3, 0.4) is 0 Å². The second kappa shape index (κ2) is 8.47. The highest BCUT2D eigenvalue weighted by Gasteiger charge is 2.19. The Hall–Kier alpha value is -2.50. The zero-order chi connectivity index (χ0) is 20.4. The van der Waals surface area contributed by atoms with Crippen molar-refractivity contribution in [2.75, 3.05) is 11.9 Å². The fourth-order valence-corrected chi connectivity index (χ4v) is 4.15. The number of benzene rings is 2. The van der Waals surface area contributed by atoms with Crippen molar-refractivity contribution in [3.8, 4) is 22.6 Å². The first kappa shape index (κ1) is 19.8. The number of fused-ring (bicyclic) bond motifs is 1.